The number of esters is 1. The molecule has 0 radical (unpaired) electrons. The predicted octanol–water partition coefficient (Wildman–Crippen LogP) is 2.49. The molecule has 3 rings (SSSR count). The lowest BCUT2D eigenvalue weighted by Gasteiger charge is -2.07. The monoisotopic (exact) mass is 387 g/mol. The number of rotatable bonds is 8. The first kappa shape index (κ1) is 19.3. The number of Topliss-reactive ketones (excluding diaryl/α,β-unsaturated/α-hetero) is 1. The summed E-state index contributed by atoms with van der Waals surface area (Å²) < 4.78 is 28.2. The van der Waals surface area contributed by atoms with Crippen LogP contribution >= 0.6 is 0 Å². The molecule has 8 heteroatoms. The molecule has 0 unspecified atom stereocenters. The van der Waals surface area contributed by atoms with Gasteiger partial charge in [-0.05, 0) is 48.9 Å². The molecule has 0 aliphatic carbocycles. The van der Waals surface area contributed by atoms with E-state index in [9.17, 15) is 18.8 Å². The first-order valence-electron chi connectivity index (χ1n) is 8.65. The van der Waals surface area contributed by atoms with Crippen LogP contribution in [-0.4, -0.2) is 37.6 Å². The minimum Gasteiger partial charge on any atom is -0.464 e. The molecule has 0 aromatic heterocycles. The SMILES string of the molecule is O=C(CNC(=O)c1ccc2c(c1)OCO2)OCCCC(=O)c1ccc(F)cc1. The maximum atomic E-state index is 12.8. The topological polar surface area (TPSA) is 90.9 Å². The maximum Gasteiger partial charge on any atom is 0.325 e. The van der Waals surface area contributed by atoms with Crippen molar-refractivity contribution in [3.05, 3.63) is 59.4 Å². The second-order valence-corrected chi connectivity index (χ2v) is 6.00. The molecule has 2 aromatic carbocycles. The average Bonchev–Trinajstić information content (AvgIpc) is 3.17. The van der Waals surface area contributed by atoms with E-state index in [1.54, 1.807) is 12.1 Å². The zero-order valence-electron chi connectivity index (χ0n) is 14.9. The van der Waals surface area contributed by atoms with Crippen LogP contribution < -0.4 is 14.8 Å². The first-order valence-corrected chi connectivity index (χ1v) is 8.65. The lowest BCUT2D eigenvalue weighted by Crippen LogP contribution is -2.30. The molecule has 0 saturated heterocycles. The molecule has 1 aliphatic heterocycles. The Morgan fingerprint density at radius 1 is 1.00 bits per heavy atom. The summed E-state index contributed by atoms with van der Waals surface area (Å²) >= 11 is 0. The number of benzene rings is 2. The standard InChI is InChI=1S/C20H18FNO6/c21-15-6-3-13(4-7-15)16(23)2-1-9-26-19(24)11-22-20(25)14-5-8-17-18(10-14)28-12-27-17/h3-8,10H,1-2,9,11-12H2,(H,22,25). The van der Waals surface area contributed by atoms with E-state index in [2.05, 4.69) is 5.32 Å². The summed E-state index contributed by atoms with van der Waals surface area (Å²) in [5, 5.41) is 2.46. The Hall–Kier alpha value is -3.42. The Morgan fingerprint density at radius 2 is 1.71 bits per heavy atom. The Morgan fingerprint density at radius 3 is 2.50 bits per heavy atom. The summed E-state index contributed by atoms with van der Waals surface area (Å²) in [7, 11) is 0. The van der Waals surface area contributed by atoms with E-state index >= 15 is 0 Å². The highest BCUT2D eigenvalue weighted by Crippen LogP contribution is 2.32. The Kier molecular flexibility index (Phi) is 6.21. The zero-order chi connectivity index (χ0) is 19.9. The Labute approximate surface area is 160 Å². The van der Waals surface area contributed by atoms with Gasteiger partial charge < -0.3 is 19.5 Å². The highest BCUT2D eigenvalue weighted by atomic mass is 19.1. The smallest absolute Gasteiger partial charge is 0.325 e. The molecule has 1 heterocycles. The number of fused-ring (bicyclic) bond motifs is 1. The van der Waals surface area contributed by atoms with Gasteiger partial charge in [0.05, 0.1) is 6.61 Å². The van der Waals surface area contributed by atoms with E-state index in [-0.39, 0.29) is 32.1 Å². The highest BCUT2D eigenvalue weighted by molar-refractivity contribution is 5.97. The Bertz CT molecular complexity index is 881. The fourth-order valence-electron chi connectivity index (χ4n) is 2.54. The van der Waals surface area contributed by atoms with Crippen molar-refractivity contribution in [2.75, 3.05) is 19.9 Å². The minimum atomic E-state index is -0.608. The lowest BCUT2D eigenvalue weighted by molar-refractivity contribution is -0.142. The fraction of sp³-hybridized carbons (Fsp3) is 0.250. The van der Waals surface area contributed by atoms with Crippen LogP contribution in [0.1, 0.15) is 33.6 Å². The van der Waals surface area contributed by atoms with Crippen LogP contribution in [-0.2, 0) is 9.53 Å². The molecule has 0 fully saturated rings. The van der Waals surface area contributed by atoms with Gasteiger partial charge >= 0.3 is 5.97 Å². The van der Waals surface area contributed by atoms with Crippen molar-refractivity contribution >= 4 is 17.7 Å². The van der Waals surface area contributed by atoms with Crippen LogP contribution in [0.25, 0.3) is 0 Å². The molecular weight excluding hydrogens is 369 g/mol. The van der Waals surface area contributed by atoms with Crippen molar-refractivity contribution < 1.29 is 33.0 Å². The summed E-state index contributed by atoms with van der Waals surface area (Å²) in [6.07, 6.45) is 0.501. The van der Waals surface area contributed by atoms with Crippen molar-refractivity contribution in [3.8, 4) is 11.5 Å². The number of amides is 1. The van der Waals surface area contributed by atoms with Gasteiger partial charge in [-0.3, -0.25) is 14.4 Å². The molecule has 2 aromatic rings. The number of carbonyl (C=O) groups is 3. The average molecular weight is 387 g/mol. The second-order valence-electron chi connectivity index (χ2n) is 6.00. The lowest BCUT2D eigenvalue weighted by atomic mass is 10.1. The van der Waals surface area contributed by atoms with Crippen LogP contribution in [0.2, 0.25) is 0 Å². The van der Waals surface area contributed by atoms with Crippen LogP contribution in [0.4, 0.5) is 4.39 Å². The van der Waals surface area contributed by atoms with Gasteiger partial charge in [-0.1, -0.05) is 0 Å². The predicted molar refractivity (Wildman–Crippen MR) is 95.8 cm³/mol. The second kappa shape index (κ2) is 8.98. The van der Waals surface area contributed by atoms with E-state index < -0.39 is 17.7 Å². The molecule has 7 nitrogen and oxygen atoms in total. The molecule has 0 saturated carbocycles. The van der Waals surface area contributed by atoms with Crippen molar-refractivity contribution in [2.45, 2.75) is 12.8 Å². The quantitative estimate of drug-likeness (QED) is 0.425. The van der Waals surface area contributed by atoms with Crippen molar-refractivity contribution in [1.82, 2.24) is 5.32 Å². The number of carbonyl (C=O) groups excluding carboxylic acids is 3. The van der Waals surface area contributed by atoms with E-state index in [0.717, 1.165) is 0 Å². The summed E-state index contributed by atoms with van der Waals surface area (Å²) in [4.78, 5) is 35.7. The van der Waals surface area contributed by atoms with E-state index in [4.69, 9.17) is 14.2 Å². The van der Waals surface area contributed by atoms with E-state index in [1.165, 1.54) is 30.3 Å². The van der Waals surface area contributed by atoms with Gasteiger partial charge in [0.15, 0.2) is 17.3 Å². The number of hydrogen-bond acceptors (Lipinski definition) is 6. The molecule has 0 spiro atoms. The third-order valence-corrected chi connectivity index (χ3v) is 4.01. The van der Waals surface area contributed by atoms with Crippen molar-refractivity contribution in [3.63, 3.8) is 0 Å². The van der Waals surface area contributed by atoms with E-state index in [0.29, 0.717) is 29.0 Å². The third-order valence-electron chi connectivity index (χ3n) is 4.01. The highest BCUT2D eigenvalue weighted by Gasteiger charge is 2.16. The van der Waals surface area contributed by atoms with Crippen LogP contribution in [0.5, 0.6) is 11.5 Å². The van der Waals surface area contributed by atoms with Gasteiger partial charge in [-0.2, -0.15) is 0 Å². The first-order chi connectivity index (χ1) is 13.5. The van der Waals surface area contributed by atoms with E-state index in [1.807, 2.05) is 0 Å². The van der Waals surface area contributed by atoms with Gasteiger partial charge in [0.1, 0.15) is 12.4 Å². The maximum absolute atomic E-state index is 12.8. The van der Waals surface area contributed by atoms with Crippen LogP contribution in [0.3, 0.4) is 0 Å². The molecule has 0 bridgehead atoms. The number of ketones is 1. The summed E-state index contributed by atoms with van der Waals surface area (Å²) in [6.45, 7) is -0.138. The summed E-state index contributed by atoms with van der Waals surface area (Å²) in [5.41, 5.74) is 0.741. The molecule has 1 aliphatic rings. The van der Waals surface area contributed by atoms with Crippen molar-refractivity contribution in [1.29, 1.82) is 0 Å². The van der Waals surface area contributed by atoms with Gasteiger partial charge in [0.25, 0.3) is 5.91 Å². The third kappa shape index (κ3) is 5.06. The largest absolute Gasteiger partial charge is 0.464 e. The number of ether oxygens (including phenoxy) is 3. The Balaban J connectivity index is 1.35. The summed E-state index contributed by atoms with van der Waals surface area (Å²) in [5.74, 6) is -0.585. The van der Waals surface area contributed by atoms with Crippen molar-refractivity contribution in [2.24, 2.45) is 0 Å². The normalized spacial score (nSPS) is 11.8. The minimum absolute atomic E-state index is 0.0473. The van der Waals surface area contributed by atoms with Crippen LogP contribution in [0, 0.1) is 5.82 Å². The zero-order valence-corrected chi connectivity index (χ0v) is 14.9. The van der Waals surface area contributed by atoms with Gasteiger partial charge in [-0.15, -0.1) is 0 Å². The molecule has 0 atom stereocenters. The fourth-order valence-corrected chi connectivity index (χ4v) is 2.54. The number of halogens is 1. The van der Waals surface area contributed by atoms with Gasteiger partial charge in [0.2, 0.25) is 6.79 Å². The van der Waals surface area contributed by atoms with Gasteiger partial charge in [-0.25, -0.2) is 4.39 Å². The molecule has 1 N–H and O–H groups in total. The van der Waals surface area contributed by atoms with Crippen LogP contribution in [0.15, 0.2) is 42.5 Å². The molecular formula is C20H18FNO6. The molecule has 28 heavy (non-hydrogen) atoms. The summed E-state index contributed by atoms with van der Waals surface area (Å²) in [6, 6.07) is 9.98. The molecule has 146 valence electrons. The molecule has 1 amide bonds. The number of hydrogen-bond donors (Lipinski definition) is 1. The number of nitrogens with one attached hydrogen (secondary N) is 1. The van der Waals surface area contributed by atoms with Gasteiger partial charge in [0, 0.05) is 17.5 Å².